The highest BCUT2D eigenvalue weighted by Gasteiger charge is 2.25. The summed E-state index contributed by atoms with van der Waals surface area (Å²) in [5.74, 6) is 0.434. The Morgan fingerprint density at radius 3 is 1.52 bits per heavy atom. The zero-order valence-corrected chi connectivity index (χ0v) is 31.9. The van der Waals surface area contributed by atoms with Crippen LogP contribution in [-0.2, 0) is 20.2 Å². The number of rotatable bonds is 7. The number of hydrogen-bond donors (Lipinski definition) is 2. The fraction of sp³-hybridized carbons (Fsp3) is 0. The van der Waals surface area contributed by atoms with E-state index in [4.69, 9.17) is 9.97 Å². The van der Waals surface area contributed by atoms with Gasteiger partial charge in [-0.15, -0.1) is 0 Å². The smallest absolute Gasteiger partial charge is 0.295 e. The lowest BCUT2D eigenvalue weighted by atomic mass is 10.1. The van der Waals surface area contributed by atoms with E-state index in [1.807, 2.05) is 114 Å². The first kappa shape index (κ1) is 35.5. The summed E-state index contributed by atoms with van der Waals surface area (Å²) in [7, 11) is -9.48. The van der Waals surface area contributed by atoms with E-state index in [0.717, 1.165) is 72.2 Å². The average Bonchev–Trinajstić information content (AvgIpc) is 3.77. The van der Waals surface area contributed by atoms with Gasteiger partial charge in [-0.25, -0.2) is 9.97 Å². The third kappa shape index (κ3) is 5.85. The van der Waals surface area contributed by atoms with Gasteiger partial charge in [-0.05, 0) is 48.0 Å². The van der Waals surface area contributed by atoms with Gasteiger partial charge in [-0.1, -0.05) is 127 Å². The standard InChI is InChI=1S/C46H30N4O6S2/c51-57(52,53)33-17-11-16-31(26-33)34-23-22-32(27-43(34)58(54,55)56)49-41-20-9-7-18-35(41)37-24-25-38-36-19-8-10-21-42(36)50(45(38)44(37)49)46-47-39(29-12-3-1-4-13-29)28-40(48-46)30-14-5-2-6-15-30/h1-28H,(H,51,52,53)(H,54,55,56). The number of aromatic nitrogens is 4. The minimum atomic E-state index is -4.88. The second-order valence-electron chi connectivity index (χ2n) is 13.9. The van der Waals surface area contributed by atoms with E-state index < -0.39 is 30.0 Å². The maximum absolute atomic E-state index is 13.2. The molecule has 0 amide bonds. The normalized spacial score (nSPS) is 12.2. The van der Waals surface area contributed by atoms with Gasteiger partial charge >= 0.3 is 0 Å². The Balaban J connectivity index is 1.32. The van der Waals surface area contributed by atoms with Crippen molar-refractivity contribution in [2.45, 2.75) is 9.79 Å². The molecule has 3 heterocycles. The molecule has 0 aliphatic carbocycles. The summed E-state index contributed by atoms with van der Waals surface area (Å²) in [4.78, 5) is 9.58. The maximum atomic E-state index is 13.2. The van der Waals surface area contributed by atoms with E-state index in [-0.39, 0.29) is 11.1 Å². The Kier molecular flexibility index (Phi) is 8.14. The van der Waals surface area contributed by atoms with Gasteiger partial charge in [0, 0.05) is 43.9 Å². The van der Waals surface area contributed by atoms with Crippen LogP contribution >= 0.6 is 0 Å². The lowest BCUT2D eigenvalue weighted by Gasteiger charge is -2.15. The molecule has 0 atom stereocenters. The van der Waals surface area contributed by atoms with E-state index in [1.54, 1.807) is 6.07 Å². The summed E-state index contributed by atoms with van der Waals surface area (Å²) in [6.45, 7) is 0. The third-order valence-corrected chi connectivity index (χ3v) is 12.2. The first-order valence-corrected chi connectivity index (χ1v) is 21.1. The molecular weight excluding hydrogens is 769 g/mol. The fourth-order valence-electron chi connectivity index (χ4n) is 7.95. The lowest BCUT2D eigenvalue weighted by Crippen LogP contribution is -2.06. The lowest BCUT2D eigenvalue weighted by molar-refractivity contribution is 0.481. The van der Waals surface area contributed by atoms with Crippen LogP contribution in [0.4, 0.5) is 0 Å². The summed E-state index contributed by atoms with van der Waals surface area (Å²) >= 11 is 0. The van der Waals surface area contributed by atoms with E-state index in [2.05, 4.69) is 22.8 Å². The Bertz CT molecular complexity index is 3450. The SMILES string of the molecule is O=S(=O)(O)c1cccc(-c2ccc(-n3c4ccccc4c4ccc5c6ccccc6n(-c6nc(-c7ccccc7)cc(-c7ccccc7)n6)c5c43)cc2S(=O)(=O)O)c1. The van der Waals surface area contributed by atoms with E-state index in [9.17, 15) is 25.9 Å². The molecule has 0 radical (unpaired) electrons. The van der Waals surface area contributed by atoms with Crippen LogP contribution < -0.4 is 0 Å². The number of hydrogen-bond acceptors (Lipinski definition) is 6. The summed E-state index contributed by atoms with van der Waals surface area (Å²) in [6, 6.07) is 51.7. The van der Waals surface area contributed by atoms with Crippen molar-refractivity contribution < 1.29 is 25.9 Å². The monoisotopic (exact) mass is 798 g/mol. The van der Waals surface area contributed by atoms with Crippen molar-refractivity contribution >= 4 is 63.8 Å². The van der Waals surface area contributed by atoms with Crippen molar-refractivity contribution in [2.75, 3.05) is 0 Å². The van der Waals surface area contributed by atoms with Gasteiger partial charge in [-0.2, -0.15) is 16.8 Å². The van der Waals surface area contributed by atoms with Gasteiger partial charge in [0.15, 0.2) is 0 Å². The Morgan fingerprint density at radius 2 is 0.948 bits per heavy atom. The molecule has 0 bridgehead atoms. The summed E-state index contributed by atoms with van der Waals surface area (Å²) in [5.41, 5.74) is 7.09. The zero-order chi connectivity index (χ0) is 39.8. The van der Waals surface area contributed by atoms with Gasteiger partial charge in [-0.3, -0.25) is 13.7 Å². The third-order valence-electron chi connectivity index (χ3n) is 10.5. The molecule has 2 N–H and O–H groups in total. The fourth-order valence-corrected chi connectivity index (χ4v) is 9.21. The minimum absolute atomic E-state index is 0.0522. The molecule has 0 saturated heterocycles. The Morgan fingerprint density at radius 1 is 0.431 bits per heavy atom. The highest BCUT2D eigenvalue weighted by Crippen LogP contribution is 2.42. The second kappa shape index (κ2) is 13.3. The van der Waals surface area contributed by atoms with E-state index in [1.165, 1.54) is 30.3 Å². The second-order valence-corrected chi connectivity index (χ2v) is 16.7. The Labute approximate surface area is 332 Å². The summed E-state index contributed by atoms with van der Waals surface area (Å²) < 4.78 is 74.8. The van der Waals surface area contributed by atoms with Gasteiger partial charge in [0.1, 0.15) is 4.90 Å². The quantitative estimate of drug-likeness (QED) is 0.152. The molecule has 0 saturated carbocycles. The molecule has 3 aromatic heterocycles. The maximum Gasteiger partial charge on any atom is 0.295 e. The highest BCUT2D eigenvalue weighted by molar-refractivity contribution is 7.86. The molecule has 282 valence electrons. The van der Waals surface area contributed by atoms with Crippen LogP contribution in [0.2, 0.25) is 0 Å². The largest absolute Gasteiger partial charge is 0.307 e. The van der Waals surface area contributed by atoms with Gasteiger partial charge in [0.2, 0.25) is 5.95 Å². The first-order valence-electron chi connectivity index (χ1n) is 18.2. The molecule has 10 nitrogen and oxygen atoms in total. The average molecular weight is 799 g/mol. The molecule has 0 fully saturated rings. The van der Waals surface area contributed by atoms with Gasteiger partial charge < -0.3 is 4.57 Å². The highest BCUT2D eigenvalue weighted by atomic mass is 32.2. The van der Waals surface area contributed by atoms with Crippen LogP contribution in [0.3, 0.4) is 0 Å². The van der Waals surface area contributed by atoms with Crippen molar-refractivity contribution in [1.29, 1.82) is 0 Å². The van der Waals surface area contributed by atoms with Gasteiger partial charge in [0.05, 0.1) is 38.4 Å². The van der Waals surface area contributed by atoms with Crippen LogP contribution in [0, 0.1) is 0 Å². The number of fused-ring (bicyclic) bond motifs is 7. The molecule has 0 aliphatic rings. The molecule has 10 rings (SSSR count). The minimum Gasteiger partial charge on any atom is -0.307 e. The van der Waals surface area contributed by atoms with Crippen molar-refractivity contribution in [3.8, 4) is 45.3 Å². The first-order chi connectivity index (χ1) is 28.0. The van der Waals surface area contributed by atoms with Crippen molar-refractivity contribution in [3.05, 3.63) is 170 Å². The molecule has 0 spiro atoms. The number of nitrogens with zero attached hydrogens (tertiary/aromatic N) is 4. The summed E-state index contributed by atoms with van der Waals surface area (Å²) in [6.07, 6.45) is 0. The van der Waals surface area contributed by atoms with Crippen molar-refractivity contribution in [2.24, 2.45) is 0 Å². The number of para-hydroxylation sites is 2. The predicted molar refractivity (Wildman–Crippen MR) is 227 cm³/mol. The summed E-state index contributed by atoms with van der Waals surface area (Å²) in [5, 5.41) is 3.65. The van der Waals surface area contributed by atoms with Crippen LogP contribution in [0.5, 0.6) is 0 Å². The molecule has 12 heteroatoms. The van der Waals surface area contributed by atoms with Crippen LogP contribution in [-0.4, -0.2) is 45.0 Å². The van der Waals surface area contributed by atoms with Crippen LogP contribution in [0.25, 0.3) is 88.9 Å². The van der Waals surface area contributed by atoms with Crippen molar-refractivity contribution in [3.63, 3.8) is 0 Å². The topological polar surface area (TPSA) is 144 Å². The zero-order valence-electron chi connectivity index (χ0n) is 30.3. The van der Waals surface area contributed by atoms with Crippen LogP contribution in [0.1, 0.15) is 0 Å². The van der Waals surface area contributed by atoms with E-state index >= 15 is 0 Å². The molecular formula is C46H30N4O6S2. The van der Waals surface area contributed by atoms with Gasteiger partial charge in [0.25, 0.3) is 20.2 Å². The predicted octanol–water partition coefficient (Wildman–Crippen LogP) is 10.2. The molecule has 7 aromatic carbocycles. The van der Waals surface area contributed by atoms with Crippen LogP contribution in [0.15, 0.2) is 180 Å². The van der Waals surface area contributed by atoms with Crippen molar-refractivity contribution in [1.82, 2.24) is 19.1 Å². The molecule has 10 aromatic rings. The molecule has 58 heavy (non-hydrogen) atoms. The Hall–Kier alpha value is -6.96. The van der Waals surface area contributed by atoms with E-state index in [0.29, 0.717) is 11.6 Å². The molecule has 0 unspecified atom stereocenters. The molecule has 0 aliphatic heterocycles. The number of benzene rings is 7.